The van der Waals surface area contributed by atoms with Crippen LogP contribution in [0.1, 0.15) is 242 Å². The molecule has 0 radical (unpaired) electrons. The summed E-state index contributed by atoms with van der Waals surface area (Å²) in [6, 6.07) is 7.65. The molecule has 37 nitrogen and oxygen atoms in total. The van der Waals surface area contributed by atoms with Crippen molar-refractivity contribution in [2.45, 2.75) is 340 Å². The molecule has 2 heterocycles. The van der Waals surface area contributed by atoms with Crippen LogP contribution in [0.3, 0.4) is 0 Å². The zero-order valence-corrected chi connectivity index (χ0v) is 82.5. The maximum atomic E-state index is 15.1. The van der Waals surface area contributed by atoms with Crippen molar-refractivity contribution in [3.05, 3.63) is 114 Å². The number of ketones is 13. The first-order valence-corrected chi connectivity index (χ1v) is 48.3. The normalized spacial score (nSPS) is 22.5. The lowest BCUT2D eigenvalue weighted by molar-refractivity contribution is -0.142. The molecule has 1 aliphatic heterocycles. The SMILES string of the molecule is CCCC[C@H](NCN[C@@H](C)C(=O)CCN[C@@H](C)C(=O)CC(=O)[C@]1(C)CCC/C=C/CCCCCC[C@@](C)(NN[C@@H](Cc2ccccc2)C(=O)C(=O)[C@@H](NC(=O)[C@H](CC(C)C)NC(C)=O)[C@@H](C)O)C(=O)CN[C@@H](C)C(=O)CC(=O)[C@H](Cc2ccc(O)cc2)NN[C@@H](Cc2c[nH]c3ccccc23)C(=O)CC(=O)[C@H](C)NCC(=O)[C@H](CCC(N)=O)NN[C@@H](CC(C)C)C(=O)N1)C(=O)CN[C@@H](C)C(=O)CN. The highest BCUT2D eigenvalue weighted by Gasteiger charge is 2.42. The number of para-hydroxylation sites is 1. The summed E-state index contributed by atoms with van der Waals surface area (Å²) in [6.07, 6.45) is 7.45. The molecule has 0 aliphatic carbocycles. The average Bonchev–Trinajstić information content (AvgIpc) is 1.74. The van der Waals surface area contributed by atoms with Gasteiger partial charge in [0.2, 0.25) is 35.2 Å². The van der Waals surface area contributed by atoms with Gasteiger partial charge in [0.1, 0.15) is 23.9 Å². The van der Waals surface area contributed by atoms with Crippen molar-refractivity contribution < 1.29 is 91.7 Å². The molecule has 22 N–H and O–H groups in total. The molecule has 0 saturated heterocycles. The van der Waals surface area contributed by atoms with Gasteiger partial charge in [-0.05, 0) is 186 Å². The number of rotatable bonds is 45. The number of hydrogen-bond acceptors (Lipinski definition) is 32. The summed E-state index contributed by atoms with van der Waals surface area (Å²) < 4.78 is 0. The molecule has 0 bridgehead atoms. The van der Waals surface area contributed by atoms with E-state index in [9.17, 15) is 86.9 Å². The van der Waals surface area contributed by atoms with Gasteiger partial charge in [0, 0.05) is 50.1 Å². The number of unbranched alkanes of at least 4 members (excludes halogenated alkanes) is 1. The van der Waals surface area contributed by atoms with Crippen molar-refractivity contribution in [1.82, 2.24) is 85.4 Å². The largest absolute Gasteiger partial charge is 0.508 e. The number of aliphatic hydroxyl groups is 1. The number of primary amides is 1. The van der Waals surface area contributed by atoms with E-state index in [0.29, 0.717) is 68.1 Å². The molecule has 758 valence electrons. The van der Waals surface area contributed by atoms with E-state index >= 15 is 4.79 Å². The van der Waals surface area contributed by atoms with Crippen LogP contribution in [0.5, 0.6) is 5.75 Å². The van der Waals surface area contributed by atoms with Crippen molar-refractivity contribution in [2.24, 2.45) is 23.3 Å². The molecule has 5 rings (SSSR count). The zero-order chi connectivity index (χ0) is 102. The van der Waals surface area contributed by atoms with Crippen LogP contribution in [-0.2, 0) is 101 Å². The topological polar surface area (TPSA) is 579 Å². The van der Waals surface area contributed by atoms with E-state index < -0.39 is 210 Å². The van der Waals surface area contributed by atoms with E-state index in [1.54, 1.807) is 76.4 Å². The Labute approximate surface area is 805 Å². The van der Waals surface area contributed by atoms with E-state index in [1.807, 2.05) is 71.0 Å². The Morgan fingerprint density at radius 3 is 1.80 bits per heavy atom. The van der Waals surface area contributed by atoms with Crippen molar-refractivity contribution >= 4 is 110 Å². The van der Waals surface area contributed by atoms with Gasteiger partial charge in [-0.1, -0.05) is 140 Å². The average molecular weight is 1910 g/mol. The van der Waals surface area contributed by atoms with Crippen molar-refractivity contribution in [1.29, 1.82) is 0 Å². The molecule has 16 atom stereocenters. The minimum atomic E-state index is -1.77. The van der Waals surface area contributed by atoms with E-state index in [4.69, 9.17) is 11.5 Å². The number of aromatic amines is 1. The molecule has 4 aromatic rings. The fraction of sp³-hybridized carbons (Fsp3) is 0.610. The summed E-state index contributed by atoms with van der Waals surface area (Å²) in [4.78, 5) is 242. The number of aromatic nitrogens is 1. The number of phenols is 1. The number of aliphatic hydroxyl groups excluding tert-OH is 1. The monoisotopic (exact) mass is 1910 g/mol. The highest BCUT2D eigenvalue weighted by atomic mass is 16.3. The summed E-state index contributed by atoms with van der Waals surface area (Å²) in [7, 11) is 0. The Balaban J connectivity index is 1.49. The van der Waals surface area contributed by atoms with Crippen LogP contribution in [0, 0.1) is 11.8 Å². The van der Waals surface area contributed by atoms with Gasteiger partial charge in [0.05, 0.1) is 123 Å². The molecule has 0 fully saturated rings. The zero-order valence-electron chi connectivity index (χ0n) is 82.5. The second-order valence-corrected chi connectivity index (χ2v) is 37.7. The van der Waals surface area contributed by atoms with Gasteiger partial charge in [-0.2, -0.15) is 0 Å². The summed E-state index contributed by atoms with van der Waals surface area (Å²) in [5, 5.41) is 48.4. The minimum Gasteiger partial charge on any atom is -0.508 e. The van der Waals surface area contributed by atoms with Gasteiger partial charge in [-0.25, -0.2) is 32.6 Å². The maximum Gasteiger partial charge on any atom is 0.243 e. The first-order valence-electron chi connectivity index (χ1n) is 48.3. The second-order valence-electron chi connectivity index (χ2n) is 37.7. The highest BCUT2D eigenvalue weighted by molar-refractivity contribution is 6.41. The van der Waals surface area contributed by atoms with E-state index in [1.165, 1.54) is 46.8 Å². The van der Waals surface area contributed by atoms with Crippen LogP contribution < -0.4 is 91.9 Å². The van der Waals surface area contributed by atoms with Crippen LogP contribution in [0.15, 0.2) is 97.2 Å². The predicted molar refractivity (Wildman–Crippen MR) is 522 cm³/mol. The molecule has 1 aromatic heterocycles. The molecule has 37 heteroatoms. The third kappa shape index (κ3) is 41.8. The molecule has 0 spiro atoms. The molecule has 0 saturated carbocycles. The van der Waals surface area contributed by atoms with Crippen LogP contribution in [-0.4, -0.2) is 249 Å². The number of nitrogens with one attached hydrogen (secondary N) is 16. The summed E-state index contributed by atoms with van der Waals surface area (Å²) in [6.45, 7) is 21.7. The van der Waals surface area contributed by atoms with Crippen LogP contribution in [0.25, 0.3) is 10.9 Å². The Bertz CT molecular complexity index is 4680. The smallest absolute Gasteiger partial charge is 0.243 e. The minimum absolute atomic E-state index is 0.0100. The molecule has 1 aliphatic rings. The molecular formula is C100H154N18O19. The number of phenolic OH excluding ortho intramolecular Hbond substituents is 1. The predicted octanol–water partition coefficient (Wildman–Crippen LogP) is 3.38. The summed E-state index contributed by atoms with van der Waals surface area (Å²) in [5.74, 6) is -10.7. The lowest BCUT2D eigenvalue weighted by atomic mass is 9.86. The van der Waals surface area contributed by atoms with Gasteiger partial charge >= 0.3 is 0 Å². The fourth-order valence-corrected chi connectivity index (χ4v) is 15.7. The van der Waals surface area contributed by atoms with Crippen molar-refractivity contribution in [3.8, 4) is 5.75 Å². The molecule has 3 aromatic carbocycles. The number of amides is 4. The second kappa shape index (κ2) is 60.6. The number of carbonyl (C=O) groups is 17. The number of benzene rings is 3. The lowest BCUT2D eigenvalue weighted by Gasteiger charge is -2.33. The molecule has 137 heavy (non-hydrogen) atoms. The maximum absolute atomic E-state index is 15.1. The van der Waals surface area contributed by atoms with Crippen LogP contribution >= 0.6 is 0 Å². The molecule has 4 amide bonds. The Kier molecular flexibility index (Phi) is 51.9. The quantitative estimate of drug-likeness (QED) is 0.00991. The first-order chi connectivity index (χ1) is 64.9. The number of nitrogens with two attached hydrogens (primary N) is 2. The number of allylic oxidation sites excluding steroid dienone is 2. The fourth-order valence-electron chi connectivity index (χ4n) is 15.7. The standard InChI is InChI=1S/C100H154N18O19/c1-15-16-34-75(89(129)56-105-66(10)88(128)54-101)109-59-108-62(6)82(122)42-45-103-63(7)85(125)53-91(131)99(13)43-29-22-20-18-17-19-21-23-30-44-100(14,118-117-79(49-69-31-25-24-26-32-69)95(134)96(135)94(67(11)119)111-97(136)80(46-60(2)3)110-68(12)120)92(132)58-106-65(9)84(124)51-86(126)77(48-70-36-38-72(121)39-37-70)114-115-78(50-71-55-107-74-35-28-27-33-73(71)74)87(127)52-83(123)64(8)104-57-90(130)76(40-41-93(102)133)113-116-81(47-61(4)5)98(137)112-99/h18,20,24-28,31-33,35-39,55,60-67,75-81,94,103-109,113-119,121H,15-17,19,21-23,29-30,34,40-54,56-59,101H2,1-14H3,(H2,102,133)(H,110,120)(H,111,136)(H,112,137)/b20-18+/t62-,63-,64-,65-,66-,67+,75-,76-,77-,78-,79-,80-,81-,94-,99-,100+/m0/s1. The van der Waals surface area contributed by atoms with Crippen molar-refractivity contribution in [2.75, 3.05) is 39.4 Å². The van der Waals surface area contributed by atoms with Crippen LogP contribution in [0.4, 0.5) is 0 Å². The Morgan fingerprint density at radius 1 is 0.577 bits per heavy atom. The first kappa shape index (κ1) is 117. The van der Waals surface area contributed by atoms with Gasteiger partial charge in [0.25, 0.3) is 0 Å². The van der Waals surface area contributed by atoms with Crippen LogP contribution in [0.2, 0.25) is 0 Å². The number of hydrogen-bond donors (Lipinski definition) is 20. The number of H-pyrrole nitrogens is 1. The molecule has 0 unspecified atom stereocenters. The van der Waals surface area contributed by atoms with Gasteiger partial charge in [-0.15, -0.1) is 0 Å². The molecular weight excluding hydrogens is 1760 g/mol. The summed E-state index contributed by atoms with van der Waals surface area (Å²) in [5.41, 5.74) is 28.4. The van der Waals surface area contributed by atoms with E-state index in [-0.39, 0.29) is 125 Å². The Morgan fingerprint density at radius 2 is 1.18 bits per heavy atom. The Hall–Kier alpha value is -10.2. The van der Waals surface area contributed by atoms with Gasteiger partial charge in [-0.3, -0.25) is 92.1 Å². The third-order valence-corrected chi connectivity index (χ3v) is 24.9. The third-order valence-electron chi connectivity index (χ3n) is 24.9. The van der Waals surface area contributed by atoms with Gasteiger partial charge in [0.15, 0.2) is 63.6 Å². The number of Topliss-reactive ketones (excluding diaryl/α,β-unsaturated/α-hetero) is 13. The number of hydrazine groups is 3. The lowest BCUT2D eigenvalue weighted by Crippen LogP contribution is -2.63. The number of aromatic hydroxyl groups is 1. The van der Waals surface area contributed by atoms with E-state index in [0.717, 1.165) is 23.7 Å². The summed E-state index contributed by atoms with van der Waals surface area (Å²) >= 11 is 0. The number of carbonyl (C=O) groups excluding carboxylic acids is 17. The van der Waals surface area contributed by atoms with E-state index in [2.05, 4.69) is 85.4 Å². The number of fused-ring (bicyclic) bond motifs is 1. The highest BCUT2D eigenvalue weighted by Crippen LogP contribution is 2.25. The van der Waals surface area contributed by atoms with Gasteiger partial charge < -0.3 is 63.9 Å². The van der Waals surface area contributed by atoms with Crippen molar-refractivity contribution in [3.63, 3.8) is 0 Å².